The minimum Gasteiger partial charge on any atom is -0.478 e. The Morgan fingerprint density at radius 1 is 1.38 bits per heavy atom. The summed E-state index contributed by atoms with van der Waals surface area (Å²) in [5, 5.41) is 9.01. The van der Waals surface area contributed by atoms with Crippen LogP contribution < -0.4 is 0 Å². The molecule has 21 heavy (non-hydrogen) atoms. The van der Waals surface area contributed by atoms with Gasteiger partial charge in [-0.2, -0.15) is 13.2 Å². The van der Waals surface area contributed by atoms with Gasteiger partial charge in [0, 0.05) is 6.54 Å². The maximum atomic E-state index is 12.6. The van der Waals surface area contributed by atoms with E-state index in [9.17, 15) is 27.1 Å². The number of nitrogens with zero attached hydrogens (tertiary/aromatic N) is 2. The average Bonchev–Trinajstić information content (AvgIpc) is 2.67. The van der Waals surface area contributed by atoms with E-state index in [0.29, 0.717) is 12.5 Å². The Kier molecular flexibility index (Phi) is 4.15. The average molecular weight is 326 g/mol. The van der Waals surface area contributed by atoms with Gasteiger partial charge in [0.05, 0.1) is 23.6 Å². The van der Waals surface area contributed by atoms with Crippen LogP contribution in [0.5, 0.6) is 0 Å². The first-order valence-electron chi connectivity index (χ1n) is 5.92. The van der Waals surface area contributed by atoms with Crippen LogP contribution in [0.2, 0.25) is 0 Å². The molecule has 1 aromatic rings. The first-order valence-corrected chi connectivity index (χ1v) is 7.60. The smallest absolute Gasteiger partial charge is 0.433 e. The van der Waals surface area contributed by atoms with Crippen LogP contribution in [-0.4, -0.2) is 41.8 Å². The molecular formula is C11H13F3N2O4S. The lowest BCUT2D eigenvalue weighted by molar-refractivity contribution is -0.141. The van der Waals surface area contributed by atoms with Crippen LogP contribution in [0.1, 0.15) is 28.2 Å². The summed E-state index contributed by atoms with van der Waals surface area (Å²) in [4.78, 5) is 14.4. The molecule has 0 amide bonds. The van der Waals surface area contributed by atoms with Gasteiger partial charge < -0.3 is 5.11 Å². The van der Waals surface area contributed by atoms with Crippen molar-refractivity contribution in [3.63, 3.8) is 0 Å². The summed E-state index contributed by atoms with van der Waals surface area (Å²) in [5.41, 5.74) is -1.93. The van der Waals surface area contributed by atoms with Crippen LogP contribution >= 0.6 is 10.8 Å². The molecule has 0 saturated carbocycles. The molecular weight excluding hydrogens is 313 g/mol. The second kappa shape index (κ2) is 5.44. The topological polar surface area (TPSA) is 93.9 Å². The Morgan fingerprint density at radius 2 is 2.05 bits per heavy atom. The Hall–Kier alpha value is -1.36. The highest BCUT2D eigenvalue weighted by Crippen LogP contribution is 2.49. The fraction of sp³-hybridized carbons (Fsp3) is 0.455. The summed E-state index contributed by atoms with van der Waals surface area (Å²) in [7, 11) is -3.06. The summed E-state index contributed by atoms with van der Waals surface area (Å²) in [6, 6.07) is 1.42. The van der Waals surface area contributed by atoms with Crippen LogP contribution in [-0.2, 0) is 12.7 Å². The third kappa shape index (κ3) is 3.46. The maximum absolute atomic E-state index is 12.6. The molecule has 0 unspecified atom stereocenters. The van der Waals surface area contributed by atoms with Crippen LogP contribution in [0.3, 0.4) is 0 Å². The molecule has 0 aliphatic carbocycles. The second-order valence-corrected chi connectivity index (χ2v) is 6.74. The number of carboxylic acid groups (broad SMARTS) is 1. The zero-order valence-corrected chi connectivity index (χ0v) is 11.5. The number of aromatic nitrogens is 1. The molecule has 1 saturated heterocycles. The highest BCUT2D eigenvalue weighted by atomic mass is 32.3. The number of pyridine rings is 1. The van der Waals surface area contributed by atoms with Crippen molar-refractivity contribution in [1.29, 1.82) is 0 Å². The van der Waals surface area contributed by atoms with E-state index in [0.717, 1.165) is 6.07 Å². The molecule has 10 heteroatoms. The highest BCUT2D eigenvalue weighted by molar-refractivity contribution is 8.22. The molecule has 0 spiro atoms. The van der Waals surface area contributed by atoms with Gasteiger partial charge in [-0.05, 0) is 18.6 Å². The lowest BCUT2D eigenvalue weighted by Gasteiger charge is -2.36. The first-order chi connectivity index (χ1) is 9.61. The fourth-order valence-corrected chi connectivity index (χ4v) is 3.56. The molecule has 118 valence electrons. The highest BCUT2D eigenvalue weighted by Gasteiger charge is 2.35. The Balaban J connectivity index is 2.37. The van der Waals surface area contributed by atoms with Gasteiger partial charge in [-0.1, -0.05) is 0 Å². The third-order valence-corrected chi connectivity index (χ3v) is 5.04. The van der Waals surface area contributed by atoms with Gasteiger partial charge in [-0.15, -0.1) is 10.8 Å². The molecule has 1 aromatic heterocycles. The van der Waals surface area contributed by atoms with Gasteiger partial charge in [0.25, 0.3) is 0 Å². The number of aromatic carboxylic acids is 1. The maximum Gasteiger partial charge on any atom is 0.433 e. The normalized spacial score (nSPS) is 20.4. The zero-order chi connectivity index (χ0) is 15.8. The van der Waals surface area contributed by atoms with Gasteiger partial charge in [-0.25, -0.2) is 14.1 Å². The number of halogens is 3. The third-order valence-electron chi connectivity index (χ3n) is 3.06. The van der Waals surface area contributed by atoms with E-state index >= 15 is 0 Å². The van der Waals surface area contributed by atoms with E-state index in [-0.39, 0.29) is 30.1 Å². The largest absolute Gasteiger partial charge is 0.478 e. The summed E-state index contributed by atoms with van der Waals surface area (Å²) in [6.07, 6.45) is -4.22. The van der Waals surface area contributed by atoms with E-state index in [1.807, 2.05) is 0 Å². The Bertz CT molecular complexity index is 565. The number of hydrogen-bond donors (Lipinski definition) is 3. The molecule has 0 bridgehead atoms. The van der Waals surface area contributed by atoms with Gasteiger partial charge in [0.1, 0.15) is 5.69 Å². The number of carboxylic acids is 1. The SMILES string of the molecule is O=C(O)c1ccc(C(F)(F)F)nc1CN1CCCS1(O)O. The van der Waals surface area contributed by atoms with Crippen LogP contribution in [0, 0.1) is 0 Å². The van der Waals surface area contributed by atoms with Crippen molar-refractivity contribution >= 4 is 16.7 Å². The molecule has 2 rings (SSSR count). The second-order valence-electron chi connectivity index (χ2n) is 4.55. The Labute approximate surface area is 119 Å². The minimum atomic E-state index is -4.70. The van der Waals surface area contributed by atoms with E-state index in [4.69, 9.17) is 5.11 Å². The van der Waals surface area contributed by atoms with Crippen LogP contribution in [0.25, 0.3) is 0 Å². The Morgan fingerprint density at radius 3 is 2.52 bits per heavy atom. The van der Waals surface area contributed by atoms with E-state index in [1.165, 1.54) is 4.31 Å². The summed E-state index contributed by atoms with van der Waals surface area (Å²) >= 11 is 0. The lowest BCUT2D eigenvalue weighted by atomic mass is 10.1. The molecule has 1 aliphatic rings. The van der Waals surface area contributed by atoms with E-state index in [2.05, 4.69) is 4.98 Å². The first kappa shape index (κ1) is 16.0. The van der Waals surface area contributed by atoms with Gasteiger partial charge in [0.2, 0.25) is 0 Å². The molecule has 0 aromatic carbocycles. The molecule has 1 fully saturated rings. The summed E-state index contributed by atoms with van der Waals surface area (Å²) in [6.45, 7) is -0.0901. The van der Waals surface area contributed by atoms with Crippen LogP contribution in [0.4, 0.5) is 13.2 Å². The van der Waals surface area contributed by atoms with Crippen molar-refractivity contribution in [1.82, 2.24) is 9.29 Å². The van der Waals surface area contributed by atoms with Crippen molar-refractivity contribution in [2.24, 2.45) is 0 Å². The standard InChI is InChI=1S/C11H13F3N2O4S/c12-11(13,14)9-3-2-7(10(17)18)8(15-9)6-16-4-1-5-21(16,19)20/h2-3,19-20H,1,4-6H2,(H,17,18). The predicted octanol–water partition coefficient (Wildman–Crippen LogP) is 2.67. The molecule has 0 radical (unpaired) electrons. The number of alkyl halides is 3. The van der Waals surface area contributed by atoms with Gasteiger partial charge >= 0.3 is 12.1 Å². The summed E-state index contributed by atoms with van der Waals surface area (Å²) in [5.74, 6) is -1.30. The summed E-state index contributed by atoms with van der Waals surface area (Å²) < 4.78 is 58.6. The zero-order valence-electron chi connectivity index (χ0n) is 10.7. The molecule has 1 aliphatic heterocycles. The lowest BCUT2D eigenvalue weighted by Crippen LogP contribution is -2.25. The molecule has 3 N–H and O–H groups in total. The number of carbonyl (C=O) groups is 1. The van der Waals surface area contributed by atoms with E-state index < -0.39 is 28.6 Å². The quantitative estimate of drug-likeness (QED) is 0.790. The van der Waals surface area contributed by atoms with Crippen molar-refractivity contribution < 1.29 is 32.2 Å². The van der Waals surface area contributed by atoms with Crippen molar-refractivity contribution in [2.45, 2.75) is 19.1 Å². The van der Waals surface area contributed by atoms with Gasteiger partial charge in [-0.3, -0.25) is 9.11 Å². The molecule has 2 heterocycles. The fourth-order valence-electron chi connectivity index (χ4n) is 2.03. The van der Waals surface area contributed by atoms with Crippen LogP contribution in [0.15, 0.2) is 12.1 Å². The van der Waals surface area contributed by atoms with Gasteiger partial charge in [0.15, 0.2) is 0 Å². The van der Waals surface area contributed by atoms with E-state index in [1.54, 1.807) is 0 Å². The molecule has 0 atom stereocenters. The van der Waals surface area contributed by atoms with Crippen molar-refractivity contribution in [3.8, 4) is 0 Å². The predicted molar refractivity (Wildman–Crippen MR) is 68.9 cm³/mol. The van der Waals surface area contributed by atoms with Crippen molar-refractivity contribution in [2.75, 3.05) is 12.3 Å². The minimum absolute atomic E-state index is 0.119. The van der Waals surface area contributed by atoms with Crippen molar-refractivity contribution in [3.05, 3.63) is 29.1 Å². The number of hydrogen-bond acceptors (Lipinski definition) is 5. The molecule has 6 nitrogen and oxygen atoms in total. The number of rotatable bonds is 3. The monoisotopic (exact) mass is 326 g/mol.